The molecule has 4 nitrogen and oxygen atoms in total. The molecule has 3 aliphatic rings. The smallest absolute Gasteiger partial charge is 0.410 e. The monoisotopic (exact) mass is 467 g/mol. The van der Waals surface area contributed by atoms with Crippen molar-refractivity contribution in [3.63, 3.8) is 0 Å². The minimum absolute atomic E-state index is 0.00781. The van der Waals surface area contributed by atoms with Crippen LogP contribution in [0, 0.1) is 0 Å². The largest absolute Gasteiger partial charge is 0.448 e. The number of piperidine rings is 2. The summed E-state index contributed by atoms with van der Waals surface area (Å²) in [6, 6.07) is 25.2. The Labute approximate surface area is 207 Å². The van der Waals surface area contributed by atoms with Gasteiger partial charge in [-0.05, 0) is 59.1 Å². The van der Waals surface area contributed by atoms with Gasteiger partial charge < -0.3 is 14.7 Å². The predicted molar refractivity (Wildman–Crippen MR) is 137 cm³/mol. The van der Waals surface area contributed by atoms with Crippen LogP contribution in [-0.4, -0.2) is 34.8 Å². The van der Waals surface area contributed by atoms with E-state index in [-0.39, 0.29) is 24.1 Å². The van der Waals surface area contributed by atoms with Crippen molar-refractivity contribution in [2.45, 2.75) is 69.1 Å². The quantitative estimate of drug-likeness (QED) is 0.483. The van der Waals surface area contributed by atoms with Gasteiger partial charge in [0.25, 0.3) is 0 Å². The second-order valence-electron chi connectivity index (χ2n) is 10.4. The summed E-state index contributed by atoms with van der Waals surface area (Å²) in [4.78, 5) is 15.4. The molecule has 35 heavy (non-hydrogen) atoms. The minimum Gasteiger partial charge on any atom is -0.448 e. The summed E-state index contributed by atoms with van der Waals surface area (Å²) in [5.74, 6) is 0.0599. The second-order valence-corrected chi connectivity index (χ2v) is 10.4. The number of amides is 1. The Morgan fingerprint density at radius 1 is 0.943 bits per heavy atom. The van der Waals surface area contributed by atoms with E-state index in [1.807, 2.05) is 17.0 Å². The van der Waals surface area contributed by atoms with Crippen molar-refractivity contribution in [2.75, 3.05) is 6.61 Å². The summed E-state index contributed by atoms with van der Waals surface area (Å²) < 4.78 is 6.03. The lowest BCUT2D eigenvalue weighted by Gasteiger charge is -2.51. The van der Waals surface area contributed by atoms with E-state index in [1.54, 1.807) is 0 Å². The van der Waals surface area contributed by atoms with Crippen LogP contribution in [0.3, 0.4) is 0 Å². The molecule has 3 aromatic rings. The SMILES string of the molecule is CCc1cccc(C2(O)CC3CCCC(C2)N3C(=O)OCC2c3ccccc3-c3ccccc32)c1. The molecule has 2 bridgehead atoms. The first kappa shape index (κ1) is 22.4. The van der Waals surface area contributed by atoms with Crippen molar-refractivity contribution in [1.29, 1.82) is 0 Å². The number of hydrogen-bond donors (Lipinski definition) is 1. The van der Waals surface area contributed by atoms with Gasteiger partial charge in [0.15, 0.2) is 0 Å². The molecule has 4 heteroatoms. The molecule has 2 fully saturated rings. The summed E-state index contributed by atoms with van der Waals surface area (Å²) in [7, 11) is 0. The Morgan fingerprint density at radius 2 is 1.57 bits per heavy atom. The Balaban J connectivity index is 1.20. The molecule has 3 aromatic carbocycles. The molecule has 2 saturated heterocycles. The number of nitrogens with zero attached hydrogens (tertiary/aromatic N) is 1. The number of carbonyl (C=O) groups is 1. The number of aliphatic hydroxyl groups is 1. The first-order chi connectivity index (χ1) is 17.1. The number of ether oxygens (including phenoxy) is 1. The zero-order valence-corrected chi connectivity index (χ0v) is 20.3. The van der Waals surface area contributed by atoms with Crippen LogP contribution in [0.5, 0.6) is 0 Å². The van der Waals surface area contributed by atoms with Crippen LogP contribution < -0.4 is 0 Å². The Hall–Kier alpha value is -3.11. The normalized spacial score (nSPS) is 25.1. The second kappa shape index (κ2) is 8.83. The third kappa shape index (κ3) is 3.84. The predicted octanol–water partition coefficient (Wildman–Crippen LogP) is 6.40. The van der Waals surface area contributed by atoms with Crippen molar-refractivity contribution < 1.29 is 14.6 Å². The third-order valence-corrected chi connectivity index (χ3v) is 8.43. The number of hydrogen-bond acceptors (Lipinski definition) is 3. The zero-order chi connectivity index (χ0) is 24.0. The molecule has 2 heterocycles. The van der Waals surface area contributed by atoms with Crippen molar-refractivity contribution in [2.24, 2.45) is 0 Å². The van der Waals surface area contributed by atoms with Crippen molar-refractivity contribution in [3.05, 3.63) is 95.1 Å². The highest BCUT2D eigenvalue weighted by atomic mass is 16.6. The fourth-order valence-electron chi connectivity index (χ4n) is 6.71. The Kier molecular flexibility index (Phi) is 5.64. The van der Waals surface area contributed by atoms with Crippen LogP contribution in [0.15, 0.2) is 72.8 Å². The van der Waals surface area contributed by atoms with E-state index >= 15 is 0 Å². The van der Waals surface area contributed by atoms with Gasteiger partial charge in [-0.15, -0.1) is 0 Å². The highest BCUT2D eigenvalue weighted by Gasteiger charge is 2.48. The molecule has 1 N–H and O–H groups in total. The molecule has 0 saturated carbocycles. The van der Waals surface area contributed by atoms with E-state index in [0.717, 1.165) is 31.2 Å². The lowest BCUT2D eigenvalue weighted by molar-refractivity contribution is -0.0891. The van der Waals surface area contributed by atoms with E-state index in [2.05, 4.69) is 67.6 Å². The molecule has 2 aliphatic heterocycles. The van der Waals surface area contributed by atoms with Crippen LogP contribution in [0.1, 0.15) is 67.2 Å². The van der Waals surface area contributed by atoms with E-state index in [9.17, 15) is 9.90 Å². The van der Waals surface area contributed by atoms with Gasteiger partial charge in [-0.1, -0.05) is 79.7 Å². The van der Waals surface area contributed by atoms with Crippen molar-refractivity contribution >= 4 is 6.09 Å². The number of benzene rings is 3. The molecule has 6 rings (SSSR count). The van der Waals surface area contributed by atoms with Gasteiger partial charge in [-0.25, -0.2) is 4.79 Å². The molecule has 0 aromatic heterocycles. The molecular weight excluding hydrogens is 434 g/mol. The lowest BCUT2D eigenvalue weighted by atomic mass is 9.72. The van der Waals surface area contributed by atoms with Gasteiger partial charge in [0.1, 0.15) is 6.61 Å². The van der Waals surface area contributed by atoms with E-state index < -0.39 is 5.60 Å². The number of rotatable bonds is 4. The van der Waals surface area contributed by atoms with E-state index in [1.165, 1.54) is 27.8 Å². The first-order valence-corrected chi connectivity index (χ1v) is 13.0. The Morgan fingerprint density at radius 3 is 2.20 bits per heavy atom. The molecule has 1 aliphatic carbocycles. The molecule has 0 spiro atoms. The summed E-state index contributed by atoms with van der Waals surface area (Å²) in [5, 5.41) is 11.7. The summed E-state index contributed by atoms with van der Waals surface area (Å²) in [6.45, 7) is 2.48. The van der Waals surface area contributed by atoms with Crippen molar-refractivity contribution in [3.8, 4) is 11.1 Å². The van der Waals surface area contributed by atoms with Crippen LogP contribution >= 0.6 is 0 Å². The highest BCUT2D eigenvalue weighted by molar-refractivity contribution is 5.79. The number of aryl methyl sites for hydroxylation is 1. The van der Waals surface area contributed by atoms with Crippen LogP contribution in [0.4, 0.5) is 4.79 Å². The molecule has 0 radical (unpaired) electrons. The number of carbonyl (C=O) groups excluding carboxylic acids is 1. The fourth-order valence-corrected chi connectivity index (χ4v) is 6.71. The topological polar surface area (TPSA) is 49.8 Å². The van der Waals surface area contributed by atoms with Gasteiger partial charge in [0, 0.05) is 30.8 Å². The van der Waals surface area contributed by atoms with Gasteiger partial charge in [-0.3, -0.25) is 0 Å². The van der Waals surface area contributed by atoms with E-state index in [4.69, 9.17) is 4.74 Å². The zero-order valence-electron chi connectivity index (χ0n) is 20.3. The first-order valence-electron chi connectivity index (χ1n) is 13.0. The van der Waals surface area contributed by atoms with Crippen LogP contribution in [0.2, 0.25) is 0 Å². The maximum Gasteiger partial charge on any atom is 0.410 e. The third-order valence-electron chi connectivity index (χ3n) is 8.43. The van der Waals surface area contributed by atoms with Gasteiger partial charge in [0.2, 0.25) is 0 Å². The molecule has 2 atom stereocenters. The summed E-state index contributed by atoms with van der Waals surface area (Å²) >= 11 is 0. The number of fused-ring (bicyclic) bond motifs is 5. The molecule has 180 valence electrons. The van der Waals surface area contributed by atoms with Gasteiger partial charge in [0.05, 0.1) is 5.60 Å². The molecular formula is C31H33NO3. The maximum absolute atomic E-state index is 13.5. The van der Waals surface area contributed by atoms with Crippen LogP contribution in [-0.2, 0) is 16.8 Å². The standard InChI is InChI=1S/C31H33NO3/c1-2-21-9-7-10-22(17-21)31(34)18-23-11-8-12-24(19-31)32(23)30(33)35-20-29-27-15-5-3-13-25(27)26-14-4-6-16-28(26)29/h3-7,9-10,13-17,23-24,29,34H,2,8,11-12,18-20H2,1H3. The fraction of sp³-hybridized carbons (Fsp3) is 0.387. The average Bonchev–Trinajstić information content (AvgIpc) is 3.20. The molecule has 2 unspecified atom stereocenters. The average molecular weight is 468 g/mol. The summed E-state index contributed by atoms with van der Waals surface area (Å²) in [5.41, 5.74) is 6.26. The van der Waals surface area contributed by atoms with Crippen molar-refractivity contribution in [1.82, 2.24) is 4.90 Å². The maximum atomic E-state index is 13.5. The highest BCUT2D eigenvalue weighted by Crippen LogP contribution is 2.46. The van der Waals surface area contributed by atoms with Crippen LogP contribution in [0.25, 0.3) is 11.1 Å². The van der Waals surface area contributed by atoms with Gasteiger partial charge >= 0.3 is 6.09 Å². The minimum atomic E-state index is -0.888. The summed E-state index contributed by atoms with van der Waals surface area (Å²) in [6.07, 6.45) is 4.77. The lowest BCUT2D eigenvalue weighted by Crippen LogP contribution is -2.59. The van der Waals surface area contributed by atoms with Gasteiger partial charge in [-0.2, -0.15) is 0 Å². The molecule has 1 amide bonds. The Bertz CT molecular complexity index is 1190. The van der Waals surface area contributed by atoms with E-state index in [0.29, 0.717) is 19.4 Å².